The van der Waals surface area contributed by atoms with Gasteiger partial charge in [-0.1, -0.05) is 44.2 Å². The lowest BCUT2D eigenvalue weighted by Crippen LogP contribution is -2.58. The second-order valence-corrected chi connectivity index (χ2v) is 13.1. The number of hydrogen-bond donors (Lipinski definition) is 1. The molecule has 4 bridgehead atoms. The molecule has 2 aliphatic carbocycles. The SMILES string of the molecule is O=C(O)CN1CC[C@H](c2nc3ccccc3n2[C@@H]2C[C@H]3CCC[C@@H](C2)N3[C@@H]2C[C@@H]3CCCC[C@@H](C3)C2)C1. The number of imidazole rings is 1. The molecule has 2 aromatic rings. The highest BCUT2D eigenvalue weighted by Crippen LogP contribution is 2.48. The summed E-state index contributed by atoms with van der Waals surface area (Å²) in [5.74, 6) is 2.77. The summed E-state index contributed by atoms with van der Waals surface area (Å²) in [6.07, 6.45) is 17.9. The number of carboxylic acids is 1. The molecule has 7 atom stereocenters. The third kappa shape index (κ3) is 4.63. The highest BCUT2D eigenvalue weighted by atomic mass is 16.4. The smallest absolute Gasteiger partial charge is 0.317 e. The highest BCUT2D eigenvalue weighted by Gasteiger charge is 2.45. The molecule has 1 N–H and O–H groups in total. The van der Waals surface area contributed by atoms with Gasteiger partial charge in [0.1, 0.15) is 5.82 Å². The maximum absolute atomic E-state index is 11.3. The first-order valence-electron chi connectivity index (χ1n) is 15.3. The van der Waals surface area contributed by atoms with Crippen LogP contribution in [-0.2, 0) is 4.79 Å². The van der Waals surface area contributed by atoms with Crippen LogP contribution in [0.2, 0.25) is 0 Å². The van der Waals surface area contributed by atoms with Gasteiger partial charge in [-0.3, -0.25) is 14.6 Å². The van der Waals surface area contributed by atoms with Crippen LogP contribution in [0, 0.1) is 11.8 Å². The molecule has 200 valence electrons. The zero-order valence-corrected chi connectivity index (χ0v) is 22.3. The molecule has 4 heterocycles. The van der Waals surface area contributed by atoms with Crippen molar-refractivity contribution in [3.05, 3.63) is 30.1 Å². The van der Waals surface area contributed by atoms with E-state index in [0.717, 1.165) is 42.9 Å². The van der Waals surface area contributed by atoms with E-state index in [1.807, 2.05) is 0 Å². The average Bonchev–Trinajstić information content (AvgIpc) is 3.45. The van der Waals surface area contributed by atoms with Crippen LogP contribution in [0.25, 0.3) is 11.0 Å². The van der Waals surface area contributed by atoms with Crippen LogP contribution in [0.15, 0.2) is 24.3 Å². The Bertz CT molecular complexity index is 1100. The maximum atomic E-state index is 11.3. The minimum Gasteiger partial charge on any atom is -0.480 e. The Hall–Kier alpha value is -1.92. The first kappa shape index (κ1) is 24.1. The van der Waals surface area contributed by atoms with Gasteiger partial charge in [0.25, 0.3) is 0 Å². The molecule has 7 rings (SSSR count). The molecule has 0 amide bonds. The Kier molecular flexibility index (Phi) is 6.52. The van der Waals surface area contributed by atoms with Crippen molar-refractivity contribution < 1.29 is 9.90 Å². The molecule has 1 aromatic heterocycles. The van der Waals surface area contributed by atoms with Gasteiger partial charge in [-0.05, 0) is 81.9 Å². The summed E-state index contributed by atoms with van der Waals surface area (Å²) in [7, 11) is 0. The van der Waals surface area contributed by atoms with Crippen molar-refractivity contribution in [3.8, 4) is 0 Å². The lowest BCUT2D eigenvalue weighted by molar-refractivity contribution is -0.138. The molecule has 1 aromatic carbocycles. The van der Waals surface area contributed by atoms with Crippen molar-refractivity contribution >= 4 is 17.0 Å². The second-order valence-electron chi connectivity index (χ2n) is 13.1. The number of aromatic nitrogens is 2. The molecule has 6 nitrogen and oxygen atoms in total. The summed E-state index contributed by atoms with van der Waals surface area (Å²) in [5, 5.41) is 9.33. The van der Waals surface area contributed by atoms with Crippen LogP contribution in [0.1, 0.15) is 101 Å². The maximum Gasteiger partial charge on any atom is 0.317 e. The van der Waals surface area contributed by atoms with Gasteiger partial charge in [0.15, 0.2) is 0 Å². The molecule has 6 heteroatoms. The van der Waals surface area contributed by atoms with E-state index >= 15 is 0 Å². The van der Waals surface area contributed by atoms with Crippen molar-refractivity contribution in [3.63, 3.8) is 0 Å². The Labute approximate surface area is 221 Å². The molecule has 2 saturated carbocycles. The minimum atomic E-state index is -0.725. The van der Waals surface area contributed by atoms with Crippen molar-refractivity contribution in [1.29, 1.82) is 0 Å². The summed E-state index contributed by atoms with van der Waals surface area (Å²) >= 11 is 0. The zero-order valence-electron chi connectivity index (χ0n) is 22.3. The van der Waals surface area contributed by atoms with Crippen molar-refractivity contribution in [1.82, 2.24) is 19.4 Å². The fourth-order valence-electron chi connectivity index (χ4n) is 9.42. The van der Waals surface area contributed by atoms with E-state index < -0.39 is 5.97 Å². The lowest BCUT2D eigenvalue weighted by Gasteiger charge is -2.54. The predicted octanol–water partition coefficient (Wildman–Crippen LogP) is 5.83. The molecule has 5 fully saturated rings. The van der Waals surface area contributed by atoms with E-state index in [2.05, 4.69) is 38.6 Å². The van der Waals surface area contributed by atoms with Crippen LogP contribution in [0.4, 0.5) is 0 Å². The van der Waals surface area contributed by atoms with Gasteiger partial charge in [-0.2, -0.15) is 0 Å². The van der Waals surface area contributed by atoms with E-state index in [0.29, 0.717) is 24.0 Å². The van der Waals surface area contributed by atoms with Gasteiger partial charge in [0.05, 0.1) is 17.6 Å². The largest absolute Gasteiger partial charge is 0.480 e. The normalized spacial score (nSPS) is 37.0. The van der Waals surface area contributed by atoms with E-state index in [1.54, 1.807) is 0 Å². The molecule has 37 heavy (non-hydrogen) atoms. The zero-order chi connectivity index (χ0) is 24.9. The Morgan fingerprint density at radius 1 is 0.838 bits per heavy atom. The van der Waals surface area contributed by atoms with Crippen LogP contribution in [0.5, 0.6) is 0 Å². The van der Waals surface area contributed by atoms with Crippen LogP contribution < -0.4 is 0 Å². The number of fused-ring (bicyclic) bond motifs is 5. The van der Waals surface area contributed by atoms with Crippen LogP contribution in [0.3, 0.4) is 0 Å². The number of benzene rings is 1. The number of carbonyl (C=O) groups is 1. The van der Waals surface area contributed by atoms with Gasteiger partial charge in [0.2, 0.25) is 0 Å². The quantitative estimate of drug-likeness (QED) is 0.555. The summed E-state index contributed by atoms with van der Waals surface area (Å²) in [6, 6.07) is 11.4. The molecule has 0 spiro atoms. The average molecular weight is 505 g/mol. The fraction of sp³-hybridized carbons (Fsp3) is 0.742. The summed E-state index contributed by atoms with van der Waals surface area (Å²) in [5.41, 5.74) is 2.40. The molecule has 5 aliphatic rings. The first-order chi connectivity index (χ1) is 18.1. The Morgan fingerprint density at radius 3 is 2.30 bits per heavy atom. The second kappa shape index (κ2) is 10.00. The van der Waals surface area contributed by atoms with E-state index in [1.165, 1.54) is 88.4 Å². The van der Waals surface area contributed by atoms with Crippen LogP contribution in [-0.4, -0.2) is 68.2 Å². The number of aliphatic carboxylic acids is 1. The highest BCUT2D eigenvalue weighted by molar-refractivity contribution is 5.76. The molecule has 0 radical (unpaired) electrons. The van der Waals surface area contributed by atoms with Gasteiger partial charge in [-0.25, -0.2) is 4.98 Å². The van der Waals surface area contributed by atoms with Gasteiger partial charge in [0, 0.05) is 36.6 Å². The number of rotatable bonds is 5. The Balaban J connectivity index is 1.17. The number of carboxylic acid groups (broad SMARTS) is 1. The van der Waals surface area contributed by atoms with Gasteiger partial charge in [-0.15, -0.1) is 0 Å². The fourth-order valence-corrected chi connectivity index (χ4v) is 9.42. The monoisotopic (exact) mass is 504 g/mol. The molecule has 0 unspecified atom stereocenters. The number of hydrogen-bond acceptors (Lipinski definition) is 4. The van der Waals surface area contributed by atoms with Crippen LogP contribution >= 0.6 is 0 Å². The van der Waals surface area contributed by atoms with E-state index in [9.17, 15) is 9.90 Å². The molecule has 3 aliphatic heterocycles. The third-order valence-corrected chi connectivity index (χ3v) is 10.8. The third-order valence-electron chi connectivity index (χ3n) is 10.8. The standard InChI is InChI=1S/C31H44N4O2/c36-30(37)20-33-13-12-23(19-33)31-32-28-10-3-4-11-29(28)35(31)27-17-24-8-5-9-25(18-27)34(24)26-15-21-6-1-2-7-22(14-21)16-26/h3-4,10-11,21-27H,1-2,5-9,12-20H2,(H,36,37)/t21-,22+,23-,24-,25+,26-,27-/m0/s1. The summed E-state index contributed by atoms with van der Waals surface area (Å²) < 4.78 is 2.63. The van der Waals surface area contributed by atoms with E-state index in [-0.39, 0.29) is 6.54 Å². The lowest BCUT2D eigenvalue weighted by atomic mass is 9.73. The number of para-hydroxylation sites is 2. The predicted molar refractivity (Wildman–Crippen MR) is 146 cm³/mol. The topological polar surface area (TPSA) is 61.6 Å². The molecular weight excluding hydrogens is 460 g/mol. The number of nitrogens with zero attached hydrogens (tertiary/aromatic N) is 4. The van der Waals surface area contributed by atoms with Crippen molar-refractivity contribution in [2.24, 2.45) is 11.8 Å². The minimum absolute atomic E-state index is 0.142. The van der Waals surface area contributed by atoms with Gasteiger partial charge >= 0.3 is 5.97 Å². The summed E-state index contributed by atoms with van der Waals surface area (Å²) in [4.78, 5) is 21.7. The number of likely N-dealkylation sites (tertiary alicyclic amines) is 1. The first-order valence-corrected chi connectivity index (χ1v) is 15.3. The molecule has 3 saturated heterocycles. The van der Waals surface area contributed by atoms with E-state index in [4.69, 9.17) is 4.98 Å². The Morgan fingerprint density at radius 2 is 1.57 bits per heavy atom. The van der Waals surface area contributed by atoms with Gasteiger partial charge < -0.3 is 9.67 Å². The van der Waals surface area contributed by atoms with Crippen molar-refractivity contribution in [2.75, 3.05) is 19.6 Å². The summed E-state index contributed by atoms with van der Waals surface area (Å²) in [6.45, 7) is 1.81. The molecular formula is C31H44N4O2. The van der Waals surface area contributed by atoms with Crippen molar-refractivity contribution in [2.45, 2.75) is 114 Å². The number of piperidine rings is 2.